The van der Waals surface area contributed by atoms with Gasteiger partial charge in [0.1, 0.15) is 12.4 Å². The summed E-state index contributed by atoms with van der Waals surface area (Å²) in [6.45, 7) is 3.80. The Bertz CT molecular complexity index is 764. The van der Waals surface area contributed by atoms with Gasteiger partial charge in [-0.1, -0.05) is 29.8 Å². The average Bonchev–Trinajstić information content (AvgIpc) is 2.67. The van der Waals surface area contributed by atoms with E-state index in [1.807, 2.05) is 31.2 Å². The molecule has 1 aromatic carbocycles. The van der Waals surface area contributed by atoms with Crippen LogP contribution < -0.4 is 10.6 Å². The van der Waals surface area contributed by atoms with Crippen molar-refractivity contribution in [3.63, 3.8) is 0 Å². The third-order valence-electron chi connectivity index (χ3n) is 4.69. The van der Waals surface area contributed by atoms with Crippen molar-refractivity contribution >= 4 is 17.7 Å². The number of carbonyl (C=O) groups is 2. The molecule has 1 amide bonds. The topological polar surface area (TPSA) is 85.5 Å². The third-order valence-corrected chi connectivity index (χ3v) is 4.69. The molecule has 1 aliphatic heterocycles. The normalized spacial score (nSPS) is 14.9. The van der Waals surface area contributed by atoms with E-state index in [4.69, 9.17) is 10.5 Å². The van der Waals surface area contributed by atoms with Gasteiger partial charge in [-0.2, -0.15) is 0 Å². The largest absolute Gasteiger partial charge is 0.461 e. The molecule has 2 heterocycles. The fourth-order valence-electron chi connectivity index (χ4n) is 3.02. The minimum Gasteiger partial charge on any atom is -0.461 e. The fraction of sp³-hybridized carbons (Fsp3) is 0.350. The SMILES string of the molecule is Cc1ccc(COC(=O)C2CCN(c3ccc(C(N)=O)cn3)CC2)cc1. The molecule has 0 aliphatic carbocycles. The summed E-state index contributed by atoms with van der Waals surface area (Å²) in [5.41, 5.74) is 7.80. The minimum absolute atomic E-state index is 0.0819. The first-order chi connectivity index (χ1) is 12.5. The number of anilines is 1. The number of hydrogen-bond donors (Lipinski definition) is 1. The number of carbonyl (C=O) groups excluding carboxylic acids is 2. The molecule has 136 valence electrons. The molecule has 1 fully saturated rings. The van der Waals surface area contributed by atoms with Crippen LogP contribution in [0.25, 0.3) is 0 Å². The number of rotatable bonds is 5. The Hall–Kier alpha value is -2.89. The molecule has 2 N–H and O–H groups in total. The molecular weight excluding hydrogens is 330 g/mol. The van der Waals surface area contributed by atoms with E-state index in [1.165, 1.54) is 11.8 Å². The highest BCUT2D eigenvalue weighted by Crippen LogP contribution is 2.23. The molecule has 0 saturated carbocycles. The Kier molecular flexibility index (Phi) is 5.51. The predicted octanol–water partition coefficient (Wildman–Crippen LogP) is 2.45. The van der Waals surface area contributed by atoms with Crippen molar-refractivity contribution in [1.29, 1.82) is 0 Å². The lowest BCUT2D eigenvalue weighted by Gasteiger charge is -2.31. The maximum absolute atomic E-state index is 12.3. The zero-order chi connectivity index (χ0) is 18.5. The number of aromatic nitrogens is 1. The summed E-state index contributed by atoms with van der Waals surface area (Å²) in [5.74, 6) is 0.0874. The number of aryl methyl sites for hydroxylation is 1. The Balaban J connectivity index is 1.48. The second kappa shape index (κ2) is 7.99. The molecule has 6 heteroatoms. The van der Waals surface area contributed by atoms with Gasteiger partial charge < -0.3 is 15.4 Å². The van der Waals surface area contributed by atoms with Gasteiger partial charge in [-0.25, -0.2) is 4.98 Å². The molecule has 0 radical (unpaired) electrons. The molecule has 3 rings (SSSR count). The monoisotopic (exact) mass is 353 g/mol. The number of hydrogen-bond acceptors (Lipinski definition) is 5. The molecule has 0 spiro atoms. The number of primary amides is 1. The van der Waals surface area contributed by atoms with Crippen LogP contribution in [0.15, 0.2) is 42.6 Å². The molecule has 0 bridgehead atoms. The van der Waals surface area contributed by atoms with E-state index in [2.05, 4.69) is 9.88 Å². The van der Waals surface area contributed by atoms with Crippen LogP contribution in [0.4, 0.5) is 5.82 Å². The van der Waals surface area contributed by atoms with Gasteiger partial charge >= 0.3 is 5.97 Å². The number of esters is 1. The fourth-order valence-corrected chi connectivity index (χ4v) is 3.02. The summed E-state index contributed by atoms with van der Waals surface area (Å²) in [7, 11) is 0. The molecule has 0 unspecified atom stereocenters. The van der Waals surface area contributed by atoms with Gasteiger partial charge in [0.25, 0.3) is 0 Å². The van der Waals surface area contributed by atoms with Gasteiger partial charge in [0.2, 0.25) is 5.91 Å². The Morgan fingerprint density at radius 2 is 1.85 bits per heavy atom. The summed E-state index contributed by atoms with van der Waals surface area (Å²) in [6.07, 6.45) is 2.94. The highest BCUT2D eigenvalue weighted by Gasteiger charge is 2.26. The highest BCUT2D eigenvalue weighted by atomic mass is 16.5. The van der Waals surface area contributed by atoms with Crippen LogP contribution in [0.2, 0.25) is 0 Å². The summed E-state index contributed by atoms with van der Waals surface area (Å²) < 4.78 is 5.47. The second-order valence-electron chi connectivity index (χ2n) is 6.62. The Morgan fingerprint density at radius 3 is 2.42 bits per heavy atom. The number of pyridine rings is 1. The Labute approximate surface area is 153 Å². The third kappa shape index (κ3) is 4.39. The van der Waals surface area contributed by atoms with Crippen molar-refractivity contribution in [1.82, 2.24) is 4.98 Å². The first kappa shape index (κ1) is 17.9. The average molecular weight is 353 g/mol. The zero-order valence-corrected chi connectivity index (χ0v) is 14.9. The summed E-state index contributed by atoms with van der Waals surface area (Å²) >= 11 is 0. The standard InChI is InChI=1S/C20H23N3O3/c1-14-2-4-15(5-3-14)13-26-20(25)16-8-10-23(11-9-16)18-7-6-17(12-22-18)19(21)24/h2-7,12,16H,8-11,13H2,1H3,(H2,21,24). The smallest absolute Gasteiger partial charge is 0.309 e. The number of nitrogens with two attached hydrogens (primary N) is 1. The van der Waals surface area contributed by atoms with Gasteiger partial charge in [-0.15, -0.1) is 0 Å². The van der Waals surface area contributed by atoms with Crippen LogP contribution in [-0.4, -0.2) is 29.9 Å². The zero-order valence-electron chi connectivity index (χ0n) is 14.9. The minimum atomic E-state index is -0.487. The molecular formula is C20H23N3O3. The van der Waals surface area contributed by atoms with E-state index in [0.29, 0.717) is 12.2 Å². The van der Waals surface area contributed by atoms with Crippen LogP contribution in [0.5, 0.6) is 0 Å². The first-order valence-corrected chi connectivity index (χ1v) is 8.76. The van der Waals surface area contributed by atoms with Crippen molar-refractivity contribution in [2.24, 2.45) is 11.7 Å². The number of ether oxygens (including phenoxy) is 1. The molecule has 1 saturated heterocycles. The van der Waals surface area contributed by atoms with Gasteiger partial charge in [-0.3, -0.25) is 9.59 Å². The lowest BCUT2D eigenvalue weighted by molar-refractivity contribution is -0.150. The maximum atomic E-state index is 12.3. The number of benzene rings is 1. The van der Waals surface area contributed by atoms with Crippen molar-refractivity contribution in [3.8, 4) is 0 Å². The molecule has 1 aromatic heterocycles. The van der Waals surface area contributed by atoms with Gasteiger partial charge in [0.15, 0.2) is 0 Å². The van der Waals surface area contributed by atoms with Crippen LogP contribution in [0.3, 0.4) is 0 Å². The van der Waals surface area contributed by atoms with E-state index in [0.717, 1.165) is 37.3 Å². The summed E-state index contributed by atoms with van der Waals surface area (Å²) in [4.78, 5) is 29.8. The maximum Gasteiger partial charge on any atom is 0.309 e. The molecule has 2 aromatic rings. The quantitative estimate of drug-likeness (QED) is 0.835. The predicted molar refractivity (Wildman–Crippen MR) is 98.7 cm³/mol. The van der Waals surface area contributed by atoms with Crippen LogP contribution >= 0.6 is 0 Å². The molecule has 0 atom stereocenters. The van der Waals surface area contributed by atoms with Gasteiger partial charge in [0.05, 0.1) is 11.5 Å². The summed E-state index contributed by atoms with van der Waals surface area (Å²) in [5, 5.41) is 0. The Morgan fingerprint density at radius 1 is 1.15 bits per heavy atom. The number of piperidine rings is 1. The van der Waals surface area contributed by atoms with Gasteiger partial charge in [0, 0.05) is 19.3 Å². The second-order valence-corrected chi connectivity index (χ2v) is 6.62. The summed E-state index contributed by atoms with van der Waals surface area (Å²) in [6, 6.07) is 11.4. The van der Waals surface area contributed by atoms with Crippen molar-refractivity contribution in [2.75, 3.05) is 18.0 Å². The molecule has 6 nitrogen and oxygen atoms in total. The van der Waals surface area contributed by atoms with Crippen molar-refractivity contribution in [3.05, 3.63) is 59.3 Å². The first-order valence-electron chi connectivity index (χ1n) is 8.76. The number of nitrogens with zero attached hydrogens (tertiary/aromatic N) is 2. The van der Waals surface area contributed by atoms with E-state index >= 15 is 0 Å². The number of amides is 1. The van der Waals surface area contributed by atoms with Crippen molar-refractivity contribution < 1.29 is 14.3 Å². The van der Waals surface area contributed by atoms with Gasteiger partial charge in [-0.05, 0) is 37.5 Å². The van der Waals surface area contributed by atoms with E-state index in [-0.39, 0.29) is 11.9 Å². The van der Waals surface area contributed by atoms with Crippen LogP contribution in [-0.2, 0) is 16.1 Å². The lowest BCUT2D eigenvalue weighted by atomic mass is 9.97. The van der Waals surface area contributed by atoms with E-state index in [1.54, 1.807) is 12.1 Å². The molecule has 1 aliphatic rings. The molecule has 26 heavy (non-hydrogen) atoms. The van der Waals surface area contributed by atoms with E-state index in [9.17, 15) is 9.59 Å². The van der Waals surface area contributed by atoms with Crippen molar-refractivity contribution in [2.45, 2.75) is 26.4 Å². The lowest BCUT2D eigenvalue weighted by Crippen LogP contribution is -2.37. The van der Waals surface area contributed by atoms with Crippen LogP contribution in [0.1, 0.15) is 34.3 Å². The van der Waals surface area contributed by atoms with E-state index < -0.39 is 5.91 Å². The van der Waals surface area contributed by atoms with Crippen LogP contribution in [0, 0.1) is 12.8 Å². The highest BCUT2D eigenvalue weighted by molar-refractivity contribution is 5.92.